The largest absolute Gasteiger partial charge is 0.418 e. The number of hydrogen-bond acceptors (Lipinski definition) is 6. The molecule has 6 nitrogen and oxygen atoms in total. The average molecular weight is 602 g/mol. The van der Waals surface area contributed by atoms with E-state index in [2.05, 4.69) is 20.6 Å². The molecule has 4 rings (SSSR count). The predicted molar refractivity (Wildman–Crippen MR) is 130 cm³/mol. The fourth-order valence-electron chi connectivity index (χ4n) is 3.34. The van der Waals surface area contributed by atoms with E-state index in [0.29, 0.717) is 6.07 Å². The lowest BCUT2D eigenvalue weighted by Crippen LogP contribution is -2.11. The van der Waals surface area contributed by atoms with Crippen molar-refractivity contribution in [3.63, 3.8) is 0 Å². The van der Waals surface area contributed by atoms with Crippen molar-refractivity contribution < 1.29 is 43.9 Å². The molecule has 2 aromatic carbocycles. The normalized spacial score (nSPS) is 11.3. The van der Waals surface area contributed by atoms with E-state index in [4.69, 9.17) is 11.0 Å². The summed E-state index contributed by atoms with van der Waals surface area (Å²) < 4.78 is 131. The van der Waals surface area contributed by atoms with Gasteiger partial charge in [-0.1, -0.05) is 12.1 Å². The summed E-state index contributed by atoms with van der Waals surface area (Å²) in [4.78, 5) is 7.06. The van der Waals surface area contributed by atoms with Gasteiger partial charge in [0.05, 0.1) is 52.0 Å². The van der Waals surface area contributed by atoms with E-state index >= 15 is 0 Å². The van der Waals surface area contributed by atoms with E-state index in [1.54, 1.807) is 0 Å². The smallest absolute Gasteiger partial charge is 0.351 e. The zero-order valence-corrected chi connectivity index (χ0v) is 20.7. The van der Waals surface area contributed by atoms with Gasteiger partial charge in [0.15, 0.2) is 11.5 Å². The quantitative estimate of drug-likeness (QED) is 0.204. The zero-order chi connectivity index (χ0) is 31.2. The topological polar surface area (TPSA) is 99.7 Å². The number of alkyl halides is 6. The second-order valence-electron chi connectivity index (χ2n) is 8.09. The number of anilines is 4. The zero-order valence-electron chi connectivity index (χ0n) is 20.7. The molecule has 0 aliphatic heterocycles. The Morgan fingerprint density at radius 3 is 1.52 bits per heavy atom. The van der Waals surface area contributed by atoms with Crippen LogP contribution in [-0.4, -0.2) is 9.97 Å². The van der Waals surface area contributed by atoms with Crippen molar-refractivity contribution in [2.45, 2.75) is 18.9 Å². The van der Waals surface area contributed by atoms with Crippen LogP contribution < -0.4 is 16.4 Å². The lowest BCUT2D eigenvalue weighted by Gasteiger charge is -2.15. The fraction of sp³-hybridized carbons (Fsp3) is 0.115. The molecule has 0 bridgehead atoms. The van der Waals surface area contributed by atoms with E-state index in [0.717, 1.165) is 54.9 Å². The van der Waals surface area contributed by atoms with Gasteiger partial charge in [0.2, 0.25) is 0 Å². The molecule has 4 aromatic rings. The first-order chi connectivity index (χ1) is 19.6. The molecule has 16 heteroatoms. The van der Waals surface area contributed by atoms with Crippen molar-refractivity contribution in [3.8, 4) is 6.07 Å². The minimum atomic E-state index is -4.77. The SMILES string of the molecule is N#Cc1ncc(Nc2c(F)cccc2C(F)(F)F)cc1F.NCc1ncc(Nc2c(F)cccc2C(F)(F)F)cc1F. The maximum absolute atomic E-state index is 13.6. The molecule has 4 N–H and O–H groups in total. The van der Waals surface area contributed by atoms with Crippen LogP contribution in [-0.2, 0) is 18.9 Å². The van der Waals surface area contributed by atoms with Crippen LogP contribution in [0, 0.1) is 34.6 Å². The Balaban J connectivity index is 0.000000230. The van der Waals surface area contributed by atoms with Gasteiger partial charge in [-0.2, -0.15) is 31.6 Å². The molecule has 0 saturated heterocycles. The van der Waals surface area contributed by atoms with Gasteiger partial charge < -0.3 is 16.4 Å². The van der Waals surface area contributed by atoms with Crippen molar-refractivity contribution in [1.82, 2.24) is 9.97 Å². The highest BCUT2D eigenvalue weighted by Gasteiger charge is 2.35. The van der Waals surface area contributed by atoms with Crippen LogP contribution in [0.2, 0.25) is 0 Å². The molecule has 220 valence electrons. The Morgan fingerprint density at radius 1 is 0.690 bits per heavy atom. The minimum Gasteiger partial charge on any atom is -0.351 e. The van der Waals surface area contributed by atoms with Gasteiger partial charge in [0, 0.05) is 18.7 Å². The second kappa shape index (κ2) is 12.7. The number of nitrogens with one attached hydrogen (secondary N) is 2. The minimum absolute atomic E-state index is 0.0369. The molecular weight excluding hydrogens is 586 g/mol. The maximum atomic E-state index is 13.6. The monoisotopic (exact) mass is 602 g/mol. The number of nitrogens with two attached hydrogens (primary N) is 1. The van der Waals surface area contributed by atoms with E-state index in [9.17, 15) is 43.9 Å². The van der Waals surface area contributed by atoms with Crippen LogP contribution in [0.3, 0.4) is 0 Å². The van der Waals surface area contributed by atoms with Gasteiger partial charge in [-0.25, -0.2) is 22.5 Å². The van der Waals surface area contributed by atoms with Crippen LogP contribution in [0.15, 0.2) is 60.9 Å². The van der Waals surface area contributed by atoms with Crippen molar-refractivity contribution >= 4 is 22.7 Å². The van der Waals surface area contributed by atoms with Gasteiger partial charge in [-0.3, -0.25) is 4.98 Å². The Bertz CT molecular complexity index is 1610. The summed E-state index contributed by atoms with van der Waals surface area (Å²) in [5, 5.41) is 12.8. The molecule has 0 aliphatic carbocycles. The maximum Gasteiger partial charge on any atom is 0.418 e. The van der Waals surface area contributed by atoms with Crippen molar-refractivity contribution in [3.05, 3.63) is 107 Å². The number of nitrogens with zero attached hydrogens (tertiary/aromatic N) is 3. The number of nitriles is 1. The first kappa shape index (κ1) is 31.6. The molecule has 0 aliphatic rings. The number of hydrogen-bond donors (Lipinski definition) is 3. The van der Waals surface area contributed by atoms with E-state index < -0.39 is 63.8 Å². The Morgan fingerprint density at radius 2 is 1.14 bits per heavy atom. The van der Waals surface area contributed by atoms with Crippen LogP contribution in [0.4, 0.5) is 66.7 Å². The summed E-state index contributed by atoms with van der Waals surface area (Å²) in [6, 6.07) is 8.12. The third kappa shape index (κ3) is 7.63. The average Bonchev–Trinajstić information content (AvgIpc) is 2.90. The van der Waals surface area contributed by atoms with Gasteiger partial charge in [0.25, 0.3) is 0 Å². The molecule has 0 unspecified atom stereocenters. The molecule has 0 atom stereocenters. The summed E-state index contributed by atoms with van der Waals surface area (Å²) in [6.45, 7) is -0.153. The lowest BCUT2D eigenvalue weighted by atomic mass is 10.1. The third-order valence-corrected chi connectivity index (χ3v) is 5.23. The molecule has 0 saturated carbocycles. The van der Waals surface area contributed by atoms with Crippen molar-refractivity contribution in [1.29, 1.82) is 5.26 Å². The number of benzene rings is 2. The van der Waals surface area contributed by atoms with Crippen LogP contribution in [0.1, 0.15) is 22.5 Å². The van der Waals surface area contributed by atoms with E-state index in [-0.39, 0.29) is 23.6 Å². The molecular formula is C26H16F10N6. The summed E-state index contributed by atoms with van der Waals surface area (Å²) in [5.41, 5.74) is 0.323. The Hall–Kier alpha value is -4.91. The third-order valence-electron chi connectivity index (χ3n) is 5.23. The number of aromatic nitrogens is 2. The highest BCUT2D eigenvalue weighted by molar-refractivity contribution is 5.65. The van der Waals surface area contributed by atoms with Gasteiger partial charge in [0.1, 0.15) is 23.5 Å². The van der Waals surface area contributed by atoms with Crippen molar-refractivity contribution in [2.75, 3.05) is 10.6 Å². The first-order valence-electron chi connectivity index (χ1n) is 11.3. The Kier molecular flexibility index (Phi) is 9.58. The van der Waals surface area contributed by atoms with Crippen LogP contribution in [0.5, 0.6) is 0 Å². The Labute approximate surface area is 230 Å². The standard InChI is InChI=1S/C13H10F5N3.C13H6F5N3/c2*14-9-3-1-2-8(13(16,17)18)12(9)21-7-4-10(15)11(5-19)20-6-7/h1-4,6,21H,5,19H2;1-4,6,21H. The number of rotatable bonds is 5. The van der Waals surface area contributed by atoms with Crippen LogP contribution >= 0.6 is 0 Å². The number of para-hydroxylation sites is 2. The van der Waals surface area contributed by atoms with Crippen molar-refractivity contribution in [2.24, 2.45) is 5.73 Å². The fourth-order valence-corrected chi connectivity index (χ4v) is 3.34. The van der Waals surface area contributed by atoms with Gasteiger partial charge >= 0.3 is 12.4 Å². The van der Waals surface area contributed by atoms with Gasteiger partial charge in [-0.05, 0) is 24.3 Å². The van der Waals surface area contributed by atoms with Gasteiger partial charge in [-0.15, -0.1) is 0 Å². The van der Waals surface area contributed by atoms with Crippen LogP contribution in [0.25, 0.3) is 0 Å². The highest BCUT2D eigenvalue weighted by Crippen LogP contribution is 2.38. The number of pyridine rings is 2. The highest BCUT2D eigenvalue weighted by atomic mass is 19.4. The molecule has 2 aromatic heterocycles. The molecule has 42 heavy (non-hydrogen) atoms. The molecule has 0 amide bonds. The molecule has 0 fully saturated rings. The van der Waals surface area contributed by atoms with E-state index in [1.807, 2.05) is 0 Å². The first-order valence-corrected chi connectivity index (χ1v) is 11.3. The summed E-state index contributed by atoms with van der Waals surface area (Å²) in [7, 11) is 0. The second-order valence-corrected chi connectivity index (χ2v) is 8.09. The summed E-state index contributed by atoms with van der Waals surface area (Å²) in [6.07, 6.45) is -7.50. The predicted octanol–water partition coefficient (Wildman–Crippen LogP) is 7.57. The summed E-state index contributed by atoms with van der Waals surface area (Å²) >= 11 is 0. The molecule has 0 radical (unpaired) electrons. The number of halogens is 10. The molecule has 0 spiro atoms. The lowest BCUT2D eigenvalue weighted by molar-refractivity contribution is -0.137. The van der Waals surface area contributed by atoms with E-state index in [1.165, 1.54) is 6.07 Å². The molecule has 2 heterocycles. The summed E-state index contributed by atoms with van der Waals surface area (Å²) in [5.74, 6) is -4.05.